The maximum absolute atomic E-state index is 12.6. The van der Waals surface area contributed by atoms with E-state index < -0.39 is 10.0 Å². The minimum atomic E-state index is -3.63. The molecule has 3 aromatic rings. The van der Waals surface area contributed by atoms with Gasteiger partial charge in [0.25, 0.3) is 10.0 Å². The summed E-state index contributed by atoms with van der Waals surface area (Å²) in [5.41, 5.74) is 0.546. The molecule has 0 unspecified atom stereocenters. The van der Waals surface area contributed by atoms with Gasteiger partial charge in [0.05, 0.1) is 4.90 Å². The van der Waals surface area contributed by atoms with Gasteiger partial charge in [0.2, 0.25) is 0 Å². The molecule has 0 spiro atoms. The Hall–Kier alpha value is -1.85. The summed E-state index contributed by atoms with van der Waals surface area (Å²) in [6.45, 7) is 0. The number of hydrogen-bond acceptors (Lipinski definition) is 2. The largest absolute Gasteiger partial charge is 0.280 e. The van der Waals surface area contributed by atoms with Gasteiger partial charge in [0.1, 0.15) is 0 Å². The predicted molar refractivity (Wildman–Crippen MR) is 88.9 cm³/mol. The molecule has 0 aliphatic carbocycles. The van der Waals surface area contributed by atoms with Gasteiger partial charge in [-0.1, -0.05) is 58.4 Å². The van der Waals surface area contributed by atoms with E-state index in [1.807, 2.05) is 24.3 Å². The summed E-state index contributed by atoms with van der Waals surface area (Å²) in [7, 11) is -3.63. The molecule has 106 valence electrons. The summed E-state index contributed by atoms with van der Waals surface area (Å²) >= 11 is 3.45. The van der Waals surface area contributed by atoms with Crippen LogP contribution < -0.4 is 4.72 Å². The van der Waals surface area contributed by atoms with Gasteiger partial charge in [-0.3, -0.25) is 4.72 Å². The average Bonchev–Trinajstić information content (AvgIpc) is 2.48. The molecule has 3 nitrogen and oxygen atoms in total. The quantitative estimate of drug-likeness (QED) is 0.751. The van der Waals surface area contributed by atoms with E-state index in [0.29, 0.717) is 11.1 Å². The van der Waals surface area contributed by atoms with Gasteiger partial charge in [-0.15, -0.1) is 0 Å². The SMILES string of the molecule is O=S(=O)(Nc1ccccc1)c1ccc(Br)c2ccccc12. The second-order valence-corrected chi connectivity index (χ2v) is 7.07. The van der Waals surface area contributed by atoms with E-state index in [1.165, 1.54) is 0 Å². The van der Waals surface area contributed by atoms with Crippen LogP contribution in [0.15, 0.2) is 76.1 Å². The van der Waals surface area contributed by atoms with Gasteiger partial charge in [-0.2, -0.15) is 0 Å². The summed E-state index contributed by atoms with van der Waals surface area (Å²) < 4.78 is 28.7. The number of anilines is 1. The second kappa shape index (κ2) is 5.50. The zero-order chi connectivity index (χ0) is 14.9. The smallest absolute Gasteiger partial charge is 0.262 e. The van der Waals surface area contributed by atoms with Crippen molar-refractivity contribution in [1.82, 2.24) is 0 Å². The molecule has 0 bridgehead atoms. The van der Waals surface area contributed by atoms with Crippen molar-refractivity contribution in [3.05, 3.63) is 71.2 Å². The minimum absolute atomic E-state index is 0.269. The molecule has 0 radical (unpaired) electrons. The first kappa shape index (κ1) is 14.1. The molecule has 3 rings (SSSR count). The number of para-hydroxylation sites is 1. The van der Waals surface area contributed by atoms with E-state index in [0.717, 1.165) is 9.86 Å². The molecular weight excluding hydrogens is 350 g/mol. The van der Waals surface area contributed by atoms with Crippen LogP contribution in [0.2, 0.25) is 0 Å². The molecule has 0 saturated heterocycles. The minimum Gasteiger partial charge on any atom is -0.280 e. The lowest BCUT2D eigenvalue weighted by Gasteiger charge is -2.11. The van der Waals surface area contributed by atoms with E-state index in [2.05, 4.69) is 20.7 Å². The highest BCUT2D eigenvalue weighted by molar-refractivity contribution is 9.10. The number of sulfonamides is 1. The molecule has 5 heteroatoms. The lowest BCUT2D eigenvalue weighted by atomic mass is 10.1. The molecule has 0 heterocycles. The van der Waals surface area contributed by atoms with Crippen LogP contribution >= 0.6 is 15.9 Å². The second-order valence-electron chi connectivity index (χ2n) is 4.56. The Morgan fingerprint density at radius 1 is 0.762 bits per heavy atom. The standard InChI is InChI=1S/C16H12BrNO2S/c17-15-10-11-16(14-9-5-4-8-13(14)15)21(19,20)18-12-6-2-1-3-7-12/h1-11,18H. The van der Waals surface area contributed by atoms with Crippen LogP contribution in [-0.4, -0.2) is 8.42 Å². The monoisotopic (exact) mass is 361 g/mol. The van der Waals surface area contributed by atoms with Crippen LogP contribution in [0.3, 0.4) is 0 Å². The molecule has 0 aromatic heterocycles. The molecular formula is C16H12BrNO2S. The normalized spacial score (nSPS) is 11.5. The highest BCUT2D eigenvalue weighted by Gasteiger charge is 2.18. The molecule has 1 N–H and O–H groups in total. The van der Waals surface area contributed by atoms with E-state index in [4.69, 9.17) is 0 Å². The molecule has 0 atom stereocenters. The number of benzene rings is 3. The van der Waals surface area contributed by atoms with Gasteiger partial charge >= 0.3 is 0 Å². The summed E-state index contributed by atoms with van der Waals surface area (Å²) in [4.78, 5) is 0.269. The molecule has 0 aliphatic rings. The molecule has 21 heavy (non-hydrogen) atoms. The number of rotatable bonds is 3. The van der Waals surface area contributed by atoms with Gasteiger partial charge < -0.3 is 0 Å². The van der Waals surface area contributed by atoms with Crippen molar-refractivity contribution in [1.29, 1.82) is 0 Å². The number of hydrogen-bond donors (Lipinski definition) is 1. The zero-order valence-corrected chi connectivity index (χ0v) is 13.4. The summed E-state index contributed by atoms with van der Waals surface area (Å²) in [5.74, 6) is 0. The van der Waals surface area contributed by atoms with E-state index in [1.54, 1.807) is 42.5 Å². The third-order valence-electron chi connectivity index (χ3n) is 3.15. The van der Waals surface area contributed by atoms with Crippen LogP contribution in [0.4, 0.5) is 5.69 Å². The number of fused-ring (bicyclic) bond motifs is 1. The summed E-state index contributed by atoms with van der Waals surface area (Å²) in [5, 5.41) is 1.56. The van der Waals surface area contributed by atoms with Crippen molar-refractivity contribution in [2.75, 3.05) is 4.72 Å². The van der Waals surface area contributed by atoms with Gasteiger partial charge in [0, 0.05) is 15.5 Å². The van der Waals surface area contributed by atoms with E-state index >= 15 is 0 Å². The van der Waals surface area contributed by atoms with E-state index in [-0.39, 0.29) is 4.90 Å². The number of halogens is 1. The summed E-state index contributed by atoms with van der Waals surface area (Å²) in [6.07, 6.45) is 0. The molecule has 0 aliphatic heterocycles. The topological polar surface area (TPSA) is 46.2 Å². The van der Waals surface area contributed by atoms with Gasteiger partial charge in [0.15, 0.2) is 0 Å². The lowest BCUT2D eigenvalue weighted by molar-refractivity contribution is 0.602. The third-order valence-corrected chi connectivity index (χ3v) is 5.28. The fourth-order valence-electron chi connectivity index (χ4n) is 2.19. The average molecular weight is 362 g/mol. The first-order chi connectivity index (χ1) is 10.1. The van der Waals surface area contributed by atoms with Crippen molar-refractivity contribution in [3.8, 4) is 0 Å². The maximum atomic E-state index is 12.6. The Morgan fingerprint density at radius 2 is 1.38 bits per heavy atom. The Labute approximate surface area is 131 Å². The van der Waals surface area contributed by atoms with Crippen molar-refractivity contribution < 1.29 is 8.42 Å². The van der Waals surface area contributed by atoms with Crippen LogP contribution in [0.1, 0.15) is 0 Å². The van der Waals surface area contributed by atoms with Crippen molar-refractivity contribution in [2.24, 2.45) is 0 Å². The summed E-state index contributed by atoms with van der Waals surface area (Å²) in [6, 6.07) is 19.6. The lowest BCUT2D eigenvalue weighted by Crippen LogP contribution is -2.13. The van der Waals surface area contributed by atoms with Crippen molar-refractivity contribution >= 4 is 42.4 Å². The fourth-order valence-corrected chi connectivity index (χ4v) is 3.93. The van der Waals surface area contributed by atoms with Crippen LogP contribution in [0.5, 0.6) is 0 Å². The van der Waals surface area contributed by atoms with Gasteiger partial charge in [-0.25, -0.2) is 8.42 Å². The van der Waals surface area contributed by atoms with Crippen LogP contribution in [0, 0.1) is 0 Å². The van der Waals surface area contributed by atoms with Crippen molar-refractivity contribution in [3.63, 3.8) is 0 Å². The molecule has 0 saturated carbocycles. The molecule has 0 fully saturated rings. The number of nitrogens with one attached hydrogen (secondary N) is 1. The third kappa shape index (κ3) is 2.80. The Morgan fingerprint density at radius 3 is 2.10 bits per heavy atom. The van der Waals surface area contributed by atoms with Crippen molar-refractivity contribution in [2.45, 2.75) is 4.90 Å². The highest BCUT2D eigenvalue weighted by Crippen LogP contribution is 2.30. The van der Waals surface area contributed by atoms with Crippen LogP contribution in [0.25, 0.3) is 10.8 Å². The fraction of sp³-hybridized carbons (Fsp3) is 0. The highest BCUT2D eigenvalue weighted by atomic mass is 79.9. The molecule has 3 aromatic carbocycles. The first-order valence-electron chi connectivity index (χ1n) is 6.33. The first-order valence-corrected chi connectivity index (χ1v) is 8.61. The predicted octanol–water partition coefficient (Wildman–Crippen LogP) is 4.40. The zero-order valence-electron chi connectivity index (χ0n) is 11.0. The van der Waals surface area contributed by atoms with Gasteiger partial charge in [-0.05, 0) is 29.7 Å². The van der Waals surface area contributed by atoms with Crippen LogP contribution in [-0.2, 0) is 10.0 Å². The Kier molecular flexibility index (Phi) is 3.69. The van der Waals surface area contributed by atoms with E-state index in [9.17, 15) is 8.42 Å². The maximum Gasteiger partial charge on any atom is 0.262 e. The Balaban J connectivity index is 2.14. The molecule has 0 amide bonds. The Bertz CT molecular complexity index is 893.